The van der Waals surface area contributed by atoms with Gasteiger partial charge < -0.3 is 9.84 Å². The van der Waals surface area contributed by atoms with E-state index in [1.165, 1.54) is 0 Å². The summed E-state index contributed by atoms with van der Waals surface area (Å²) in [7, 11) is 1.64. The van der Waals surface area contributed by atoms with Crippen LogP contribution < -0.4 is 4.74 Å². The third kappa shape index (κ3) is 2.49. The third-order valence-electron chi connectivity index (χ3n) is 2.86. The zero-order chi connectivity index (χ0) is 13.1. The van der Waals surface area contributed by atoms with E-state index in [2.05, 4.69) is 13.7 Å². The van der Waals surface area contributed by atoms with Gasteiger partial charge in [-0.2, -0.15) is 8.75 Å². The van der Waals surface area contributed by atoms with Crippen LogP contribution in [0.25, 0.3) is 0 Å². The monoisotopic (exact) mass is 265 g/mol. The first kappa shape index (κ1) is 12.9. The van der Waals surface area contributed by atoms with Gasteiger partial charge in [-0.25, -0.2) is 0 Å². The predicted octanol–water partition coefficient (Wildman–Crippen LogP) is 1.83. The van der Waals surface area contributed by atoms with Gasteiger partial charge >= 0.3 is 0 Å². The molecule has 0 radical (unpaired) electrons. The number of rotatable bonds is 4. The lowest BCUT2D eigenvalue weighted by Crippen LogP contribution is -2.07. The third-order valence-corrected chi connectivity index (χ3v) is 3.35. The number of aliphatic hydroxyl groups excluding tert-OH is 1. The Morgan fingerprint density at radius 1 is 1.39 bits per heavy atom. The highest BCUT2D eigenvalue weighted by molar-refractivity contribution is 6.99. The van der Waals surface area contributed by atoms with Crippen molar-refractivity contribution < 1.29 is 9.84 Å². The fraction of sp³-hybridized carbons (Fsp3) is 0.417. The highest BCUT2D eigenvalue weighted by Crippen LogP contribution is 2.26. The van der Waals surface area contributed by atoms with Gasteiger partial charge in [0.2, 0.25) is 0 Å². The van der Waals surface area contributed by atoms with E-state index in [9.17, 15) is 5.11 Å². The Labute approximate surface area is 110 Å². The first-order valence-electron chi connectivity index (χ1n) is 5.58. The van der Waals surface area contributed by atoms with Crippen LogP contribution in [-0.2, 0) is 6.42 Å². The van der Waals surface area contributed by atoms with Crippen LogP contribution in [0.1, 0.15) is 28.6 Å². The molecule has 0 aliphatic heterocycles. The average molecular weight is 265 g/mol. The van der Waals surface area contributed by atoms with Gasteiger partial charge in [-0.15, -0.1) is 0 Å². The second kappa shape index (κ2) is 5.41. The highest BCUT2D eigenvalue weighted by Gasteiger charge is 2.16. The molecule has 5 nitrogen and oxygen atoms in total. The van der Waals surface area contributed by atoms with Gasteiger partial charge in [-0.3, -0.25) is 4.98 Å². The Morgan fingerprint density at radius 2 is 2.17 bits per heavy atom. The molecule has 1 unspecified atom stereocenters. The molecule has 0 aliphatic rings. The van der Waals surface area contributed by atoms with E-state index in [4.69, 9.17) is 4.74 Å². The minimum Gasteiger partial charge on any atom is -0.496 e. The number of methoxy groups -OCH3 is 1. The Bertz CT molecular complexity index is 528. The number of aryl methyl sites for hydroxylation is 1. The minimum absolute atomic E-state index is 0.411. The molecule has 0 bridgehead atoms. The first-order valence-corrected chi connectivity index (χ1v) is 6.31. The molecule has 2 heterocycles. The molecule has 1 atom stereocenters. The van der Waals surface area contributed by atoms with Crippen molar-refractivity contribution in [3.05, 3.63) is 34.9 Å². The highest BCUT2D eigenvalue weighted by atomic mass is 32.1. The van der Waals surface area contributed by atoms with Crippen molar-refractivity contribution in [2.24, 2.45) is 0 Å². The molecule has 0 saturated carbocycles. The summed E-state index contributed by atoms with van der Waals surface area (Å²) < 4.78 is 13.2. The molecule has 2 aromatic heterocycles. The van der Waals surface area contributed by atoms with Gasteiger partial charge in [-0.1, -0.05) is 0 Å². The number of pyridine rings is 1. The van der Waals surface area contributed by atoms with Gasteiger partial charge in [0.15, 0.2) is 0 Å². The van der Waals surface area contributed by atoms with Crippen molar-refractivity contribution in [1.82, 2.24) is 13.7 Å². The second-order valence-corrected chi connectivity index (χ2v) is 4.66. The molecule has 0 amide bonds. The largest absolute Gasteiger partial charge is 0.496 e. The molecule has 96 valence electrons. The maximum Gasteiger partial charge on any atom is 0.128 e. The first-order chi connectivity index (χ1) is 8.63. The van der Waals surface area contributed by atoms with Crippen LogP contribution in [0.3, 0.4) is 0 Å². The molecule has 0 spiro atoms. The summed E-state index contributed by atoms with van der Waals surface area (Å²) in [4.78, 5) is 4.35. The average Bonchev–Trinajstić information content (AvgIpc) is 2.87. The van der Waals surface area contributed by atoms with E-state index in [1.54, 1.807) is 19.5 Å². The summed E-state index contributed by atoms with van der Waals surface area (Å²) in [6.45, 7) is 3.89. The molecule has 0 saturated heterocycles. The maximum atomic E-state index is 10.0. The Hall–Kier alpha value is -1.53. The molecular weight excluding hydrogens is 250 g/mol. The van der Waals surface area contributed by atoms with Crippen molar-refractivity contribution in [3.8, 4) is 5.75 Å². The quantitative estimate of drug-likeness (QED) is 0.913. The number of aliphatic hydroxyl groups is 1. The number of nitrogens with zero attached hydrogens (tertiary/aromatic N) is 3. The van der Waals surface area contributed by atoms with E-state index in [0.29, 0.717) is 12.1 Å². The van der Waals surface area contributed by atoms with Gasteiger partial charge in [0, 0.05) is 29.4 Å². The summed E-state index contributed by atoms with van der Waals surface area (Å²) in [5.41, 5.74) is 3.35. The molecule has 18 heavy (non-hydrogen) atoms. The van der Waals surface area contributed by atoms with E-state index in [0.717, 1.165) is 34.3 Å². The fourth-order valence-corrected chi connectivity index (χ4v) is 2.35. The van der Waals surface area contributed by atoms with Gasteiger partial charge in [0.25, 0.3) is 0 Å². The molecule has 2 rings (SSSR count). The summed E-state index contributed by atoms with van der Waals surface area (Å²) in [5.74, 6) is 0.823. The molecule has 0 fully saturated rings. The van der Waals surface area contributed by atoms with Crippen molar-refractivity contribution in [2.75, 3.05) is 7.11 Å². The van der Waals surface area contributed by atoms with Crippen molar-refractivity contribution in [1.29, 1.82) is 0 Å². The van der Waals surface area contributed by atoms with Crippen LogP contribution in [0, 0.1) is 13.8 Å². The number of hydrogen-bond donors (Lipinski definition) is 1. The maximum absolute atomic E-state index is 10.0. The summed E-state index contributed by atoms with van der Waals surface area (Å²) in [6, 6.07) is 0. The molecule has 0 aliphatic carbocycles. The Kier molecular flexibility index (Phi) is 3.88. The zero-order valence-electron chi connectivity index (χ0n) is 10.5. The minimum atomic E-state index is -0.678. The van der Waals surface area contributed by atoms with Crippen molar-refractivity contribution >= 4 is 11.7 Å². The smallest absolute Gasteiger partial charge is 0.128 e. The van der Waals surface area contributed by atoms with Crippen LogP contribution in [0.5, 0.6) is 5.75 Å². The van der Waals surface area contributed by atoms with Crippen LogP contribution >= 0.6 is 11.7 Å². The summed E-state index contributed by atoms with van der Waals surface area (Å²) in [5, 5.41) is 10.0. The van der Waals surface area contributed by atoms with Crippen LogP contribution in [0.2, 0.25) is 0 Å². The Balaban J connectivity index is 2.24. The predicted molar refractivity (Wildman–Crippen MR) is 68.8 cm³/mol. The second-order valence-electron chi connectivity index (χ2n) is 4.10. The van der Waals surface area contributed by atoms with Crippen LogP contribution in [-0.4, -0.2) is 25.9 Å². The summed E-state index contributed by atoms with van der Waals surface area (Å²) in [6.07, 6.45) is 3.07. The van der Waals surface area contributed by atoms with Crippen LogP contribution in [0.4, 0.5) is 0 Å². The van der Waals surface area contributed by atoms with Gasteiger partial charge in [0.05, 0.1) is 25.0 Å². The standard InChI is InChI=1S/C12H15N3O2S/c1-7-5-13-9(8(2)12(7)17-3)4-11(16)10-6-14-18-15-10/h5-6,11,16H,4H2,1-3H3. The molecule has 1 N–H and O–H groups in total. The Morgan fingerprint density at radius 3 is 2.78 bits per heavy atom. The lowest BCUT2D eigenvalue weighted by molar-refractivity contribution is 0.173. The van der Waals surface area contributed by atoms with Crippen LogP contribution in [0.15, 0.2) is 12.4 Å². The van der Waals surface area contributed by atoms with E-state index in [-0.39, 0.29) is 0 Å². The molecule has 6 heteroatoms. The lowest BCUT2D eigenvalue weighted by Gasteiger charge is -2.13. The van der Waals surface area contributed by atoms with Gasteiger partial charge in [-0.05, 0) is 13.8 Å². The van der Waals surface area contributed by atoms with Crippen molar-refractivity contribution in [3.63, 3.8) is 0 Å². The summed E-state index contributed by atoms with van der Waals surface area (Å²) >= 11 is 1.09. The topological polar surface area (TPSA) is 68.1 Å². The zero-order valence-corrected chi connectivity index (χ0v) is 11.4. The van der Waals surface area contributed by atoms with Gasteiger partial charge in [0.1, 0.15) is 17.5 Å². The molecular formula is C12H15N3O2S. The lowest BCUT2D eigenvalue weighted by atomic mass is 10.0. The fourth-order valence-electron chi connectivity index (χ4n) is 1.88. The normalized spacial score (nSPS) is 12.4. The molecule has 0 aromatic carbocycles. The van der Waals surface area contributed by atoms with E-state index >= 15 is 0 Å². The van der Waals surface area contributed by atoms with E-state index < -0.39 is 6.10 Å². The molecule has 2 aromatic rings. The van der Waals surface area contributed by atoms with Crippen molar-refractivity contribution in [2.45, 2.75) is 26.4 Å². The van der Waals surface area contributed by atoms with E-state index in [1.807, 2.05) is 13.8 Å². The SMILES string of the molecule is COc1c(C)cnc(CC(O)c2cnsn2)c1C. The number of ether oxygens (including phenoxy) is 1. The number of hydrogen-bond acceptors (Lipinski definition) is 6. The number of aromatic nitrogens is 3.